The Kier molecular flexibility index (Phi) is 4.14. The number of aromatic carboxylic acids is 1. The van der Waals surface area contributed by atoms with Gasteiger partial charge in [0.25, 0.3) is 0 Å². The number of hydrogen-bond acceptors (Lipinski definition) is 3. The third-order valence-electron chi connectivity index (χ3n) is 5.49. The number of pyridine rings is 1. The summed E-state index contributed by atoms with van der Waals surface area (Å²) in [5, 5.41) is 11.4. The summed E-state index contributed by atoms with van der Waals surface area (Å²) in [4.78, 5) is 16.1. The van der Waals surface area contributed by atoms with Crippen LogP contribution in [0.1, 0.15) is 21.5 Å². The number of hydrogen-bond donors (Lipinski definition) is 1. The van der Waals surface area contributed by atoms with Crippen molar-refractivity contribution >= 4 is 27.8 Å². The van der Waals surface area contributed by atoms with Gasteiger partial charge in [0.05, 0.1) is 11.1 Å². The molecular weight excluding hydrogens is 374 g/mol. The first-order chi connectivity index (χ1) is 14.5. The fraction of sp³-hybridized carbons (Fsp3) is 0.0769. The molecule has 0 saturated carbocycles. The molecule has 3 aromatic carbocycles. The van der Waals surface area contributed by atoms with Crippen LogP contribution < -0.4 is 0 Å². The minimum Gasteiger partial charge on any atom is -0.478 e. The number of rotatable bonds is 3. The van der Waals surface area contributed by atoms with Crippen molar-refractivity contribution in [1.29, 1.82) is 0 Å². The van der Waals surface area contributed by atoms with E-state index < -0.39 is 5.97 Å². The smallest absolute Gasteiger partial charge is 0.335 e. The molecule has 30 heavy (non-hydrogen) atoms. The first-order valence-corrected chi connectivity index (χ1v) is 9.74. The van der Waals surface area contributed by atoms with Crippen molar-refractivity contribution in [2.75, 3.05) is 0 Å². The number of aromatic nitrogens is 1. The summed E-state index contributed by atoms with van der Waals surface area (Å²) in [5.74, 6) is -0.227. The number of carbonyl (C=O) groups is 1. The van der Waals surface area contributed by atoms with Crippen LogP contribution in [0.2, 0.25) is 0 Å². The minimum absolute atomic E-state index is 0.263. The molecule has 4 nitrogen and oxygen atoms in total. The number of aryl methyl sites for hydroxylation is 2. The molecule has 0 fully saturated rings. The number of carboxylic acid groups (broad SMARTS) is 1. The molecule has 1 N–H and O–H groups in total. The van der Waals surface area contributed by atoms with Crippen LogP contribution in [0.25, 0.3) is 44.5 Å². The molecule has 4 heteroatoms. The molecule has 0 atom stereocenters. The molecule has 0 aliphatic heterocycles. The molecule has 0 unspecified atom stereocenters. The van der Waals surface area contributed by atoms with Gasteiger partial charge in [0.15, 0.2) is 5.76 Å². The van der Waals surface area contributed by atoms with Crippen LogP contribution in [0.5, 0.6) is 0 Å². The van der Waals surface area contributed by atoms with Crippen LogP contribution in [0.4, 0.5) is 0 Å². The summed E-state index contributed by atoms with van der Waals surface area (Å²) in [6.07, 6.45) is 0. The Morgan fingerprint density at radius 1 is 0.867 bits per heavy atom. The lowest BCUT2D eigenvalue weighted by molar-refractivity contribution is 0.0697. The highest BCUT2D eigenvalue weighted by Crippen LogP contribution is 2.32. The van der Waals surface area contributed by atoms with E-state index in [1.165, 1.54) is 5.56 Å². The molecule has 0 aliphatic carbocycles. The maximum absolute atomic E-state index is 11.3. The van der Waals surface area contributed by atoms with Crippen LogP contribution in [-0.4, -0.2) is 16.1 Å². The van der Waals surface area contributed by atoms with Crippen LogP contribution >= 0.6 is 0 Å². The van der Waals surface area contributed by atoms with Gasteiger partial charge in [-0.3, -0.25) is 0 Å². The van der Waals surface area contributed by atoms with E-state index in [9.17, 15) is 9.90 Å². The fourth-order valence-corrected chi connectivity index (χ4v) is 3.80. The normalized spacial score (nSPS) is 11.3. The maximum Gasteiger partial charge on any atom is 0.335 e. The second kappa shape index (κ2) is 6.85. The molecule has 0 saturated heterocycles. The zero-order chi connectivity index (χ0) is 20.8. The topological polar surface area (TPSA) is 63.3 Å². The van der Waals surface area contributed by atoms with Crippen molar-refractivity contribution in [1.82, 2.24) is 4.98 Å². The van der Waals surface area contributed by atoms with Gasteiger partial charge < -0.3 is 9.52 Å². The van der Waals surface area contributed by atoms with Gasteiger partial charge >= 0.3 is 5.97 Å². The Bertz CT molecular complexity index is 1450. The summed E-state index contributed by atoms with van der Waals surface area (Å²) in [6.45, 7) is 4.15. The number of furan rings is 1. The van der Waals surface area contributed by atoms with Crippen molar-refractivity contribution in [3.05, 3.63) is 89.5 Å². The molecule has 5 rings (SSSR count). The van der Waals surface area contributed by atoms with E-state index in [1.807, 2.05) is 36.4 Å². The van der Waals surface area contributed by atoms with E-state index in [1.54, 1.807) is 18.2 Å². The van der Waals surface area contributed by atoms with E-state index in [0.717, 1.165) is 44.3 Å². The van der Waals surface area contributed by atoms with Crippen LogP contribution in [0.15, 0.2) is 77.2 Å². The Hall–Kier alpha value is -3.92. The van der Waals surface area contributed by atoms with E-state index >= 15 is 0 Å². The standard InChI is InChI=1S/C26H19NO3/c1-15-6-7-16(2)25-21(15)10-11-22(27-25)24-14-19-9-8-18(13-23(19)30-24)17-4-3-5-20(12-17)26(28)29/h3-14H,1-2H3,(H,28,29). The quantitative estimate of drug-likeness (QED) is 0.374. The highest BCUT2D eigenvalue weighted by atomic mass is 16.4. The molecule has 0 amide bonds. The van der Waals surface area contributed by atoms with Gasteiger partial charge in [-0.15, -0.1) is 0 Å². The highest BCUT2D eigenvalue weighted by molar-refractivity contribution is 5.92. The van der Waals surface area contributed by atoms with Crippen molar-refractivity contribution in [3.8, 4) is 22.6 Å². The lowest BCUT2D eigenvalue weighted by Crippen LogP contribution is -1.95. The van der Waals surface area contributed by atoms with Gasteiger partial charge in [-0.2, -0.15) is 0 Å². The predicted molar refractivity (Wildman–Crippen MR) is 119 cm³/mol. The Balaban J connectivity index is 1.59. The van der Waals surface area contributed by atoms with Crippen LogP contribution in [0.3, 0.4) is 0 Å². The largest absolute Gasteiger partial charge is 0.478 e. The SMILES string of the molecule is Cc1ccc(C)c2nc(-c3cc4ccc(-c5cccc(C(=O)O)c5)cc4o3)ccc12. The third-order valence-corrected chi connectivity index (χ3v) is 5.49. The predicted octanol–water partition coefficient (Wildman–Crippen LogP) is 6.63. The summed E-state index contributed by atoms with van der Waals surface area (Å²) >= 11 is 0. The molecule has 146 valence electrons. The third kappa shape index (κ3) is 3.03. The second-order valence-electron chi connectivity index (χ2n) is 7.54. The van der Waals surface area contributed by atoms with Crippen LogP contribution in [0, 0.1) is 13.8 Å². The number of benzene rings is 3. The van der Waals surface area contributed by atoms with Gasteiger partial charge in [0, 0.05) is 10.8 Å². The van der Waals surface area contributed by atoms with Crippen molar-refractivity contribution in [3.63, 3.8) is 0 Å². The number of fused-ring (bicyclic) bond motifs is 2. The van der Waals surface area contributed by atoms with E-state index in [2.05, 4.69) is 32.0 Å². The minimum atomic E-state index is -0.939. The zero-order valence-corrected chi connectivity index (χ0v) is 16.6. The van der Waals surface area contributed by atoms with Crippen molar-refractivity contribution < 1.29 is 14.3 Å². The van der Waals surface area contributed by atoms with Gasteiger partial charge in [-0.1, -0.05) is 42.5 Å². The first-order valence-electron chi connectivity index (χ1n) is 9.74. The van der Waals surface area contributed by atoms with Crippen LogP contribution in [-0.2, 0) is 0 Å². The maximum atomic E-state index is 11.3. The van der Waals surface area contributed by atoms with Crippen molar-refractivity contribution in [2.24, 2.45) is 0 Å². The van der Waals surface area contributed by atoms with Gasteiger partial charge in [-0.25, -0.2) is 9.78 Å². The molecule has 0 bridgehead atoms. The van der Waals surface area contributed by atoms with Gasteiger partial charge in [0.1, 0.15) is 11.3 Å². The number of carboxylic acids is 1. The lowest BCUT2D eigenvalue weighted by atomic mass is 10.0. The Morgan fingerprint density at radius 3 is 2.50 bits per heavy atom. The molecular formula is C26H19NO3. The van der Waals surface area contributed by atoms with E-state index in [4.69, 9.17) is 9.40 Å². The average Bonchev–Trinajstić information content (AvgIpc) is 3.19. The molecule has 2 heterocycles. The van der Waals surface area contributed by atoms with E-state index in [-0.39, 0.29) is 5.56 Å². The fourth-order valence-electron chi connectivity index (χ4n) is 3.80. The molecule has 0 aliphatic rings. The lowest BCUT2D eigenvalue weighted by Gasteiger charge is -2.06. The summed E-state index contributed by atoms with van der Waals surface area (Å²) in [6, 6.07) is 23.1. The van der Waals surface area contributed by atoms with Gasteiger partial charge in [-0.05, 0) is 66.4 Å². The second-order valence-corrected chi connectivity index (χ2v) is 7.54. The average molecular weight is 393 g/mol. The monoisotopic (exact) mass is 393 g/mol. The molecule has 5 aromatic rings. The Morgan fingerprint density at radius 2 is 1.67 bits per heavy atom. The summed E-state index contributed by atoms with van der Waals surface area (Å²) in [7, 11) is 0. The first kappa shape index (κ1) is 18.1. The zero-order valence-electron chi connectivity index (χ0n) is 16.6. The highest BCUT2D eigenvalue weighted by Gasteiger charge is 2.12. The molecule has 0 radical (unpaired) electrons. The van der Waals surface area contributed by atoms with E-state index in [0.29, 0.717) is 5.76 Å². The van der Waals surface area contributed by atoms with Gasteiger partial charge in [0.2, 0.25) is 0 Å². The summed E-state index contributed by atoms with van der Waals surface area (Å²) < 4.78 is 6.13. The van der Waals surface area contributed by atoms with Crippen molar-refractivity contribution in [2.45, 2.75) is 13.8 Å². The Labute approximate surface area is 173 Å². The molecule has 2 aromatic heterocycles. The summed E-state index contributed by atoms with van der Waals surface area (Å²) in [5.41, 5.74) is 6.86. The molecule has 0 spiro atoms. The number of nitrogens with zero attached hydrogens (tertiary/aromatic N) is 1.